The van der Waals surface area contributed by atoms with E-state index in [1.54, 1.807) is 18.3 Å². The van der Waals surface area contributed by atoms with E-state index >= 15 is 0 Å². The zero-order chi connectivity index (χ0) is 16.5. The van der Waals surface area contributed by atoms with Crippen molar-refractivity contribution in [3.8, 4) is 17.3 Å². The molecule has 120 valence electrons. The van der Waals surface area contributed by atoms with Crippen LogP contribution in [0.5, 0.6) is 5.75 Å². The summed E-state index contributed by atoms with van der Waals surface area (Å²) in [4.78, 5) is 19.2. The van der Waals surface area contributed by atoms with E-state index in [-0.39, 0.29) is 5.92 Å². The monoisotopic (exact) mass is 307 g/mol. The molecule has 0 aromatic carbocycles. The molecular weight excluding hydrogens is 286 g/mol. The average molecular weight is 307 g/mol. The lowest BCUT2D eigenvalue weighted by molar-refractivity contribution is -0.113. The van der Waals surface area contributed by atoms with Gasteiger partial charge in [-0.15, -0.1) is 0 Å². The number of hydrogen-bond donors (Lipinski definition) is 1. The number of ether oxygens (including phenoxy) is 1. The first kappa shape index (κ1) is 17.8. The number of aliphatic hydroxyl groups excluding tert-OH is 1. The fourth-order valence-corrected chi connectivity index (χ4v) is 1.54. The number of aromatic nitrogens is 3. The van der Waals surface area contributed by atoms with Crippen LogP contribution in [-0.4, -0.2) is 39.7 Å². The van der Waals surface area contributed by atoms with E-state index in [0.29, 0.717) is 29.6 Å². The molecule has 0 fully saturated rings. The summed E-state index contributed by atoms with van der Waals surface area (Å²) in [6.45, 7) is 5.84. The molecule has 0 radical (unpaired) electrons. The number of carbonyl (C=O) groups excluding carboxylic acids is 1. The number of hydrogen-bond acceptors (Lipinski definition) is 7. The highest BCUT2D eigenvalue weighted by molar-refractivity contribution is 5.57. The standard InChI is InChI=1S/C14H17N3O3.CH4O/c1-4-10(8-18)19-11-5-6-12(15-7-11)13-16-14(9(2)3)20-17-13;1-2/h5-10H,4H2,1-3H3;2H,1H3. The van der Waals surface area contributed by atoms with E-state index in [4.69, 9.17) is 14.4 Å². The van der Waals surface area contributed by atoms with E-state index in [1.807, 2.05) is 20.8 Å². The Bertz CT molecular complexity index is 566. The Morgan fingerprint density at radius 1 is 1.36 bits per heavy atom. The summed E-state index contributed by atoms with van der Waals surface area (Å²) in [6, 6.07) is 3.47. The molecule has 0 saturated heterocycles. The first-order valence-corrected chi connectivity index (χ1v) is 7.00. The Hall–Kier alpha value is -2.28. The van der Waals surface area contributed by atoms with Crippen molar-refractivity contribution in [2.45, 2.75) is 39.2 Å². The number of nitrogens with zero attached hydrogens (tertiary/aromatic N) is 3. The Balaban J connectivity index is 0.00000116. The second-order valence-corrected chi connectivity index (χ2v) is 4.69. The van der Waals surface area contributed by atoms with Gasteiger partial charge in [-0.3, -0.25) is 4.79 Å². The second kappa shape index (κ2) is 8.89. The predicted octanol–water partition coefficient (Wildman–Crippen LogP) is 2.22. The Kier molecular flexibility index (Phi) is 7.18. The lowest BCUT2D eigenvalue weighted by Crippen LogP contribution is -2.16. The van der Waals surface area contributed by atoms with Crippen molar-refractivity contribution in [1.29, 1.82) is 0 Å². The molecule has 0 aliphatic carbocycles. The minimum atomic E-state index is -0.444. The summed E-state index contributed by atoms with van der Waals surface area (Å²) in [6.07, 6.45) is 2.50. The molecule has 0 aliphatic heterocycles. The molecule has 2 rings (SSSR count). The SMILES string of the molecule is CCC(C=O)Oc1ccc(-c2noc(C(C)C)n2)nc1.CO. The zero-order valence-corrected chi connectivity index (χ0v) is 13.2. The van der Waals surface area contributed by atoms with Crippen molar-refractivity contribution in [3.05, 3.63) is 24.2 Å². The molecule has 1 N–H and O–H groups in total. The topological polar surface area (TPSA) is 98.3 Å². The van der Waals surface area contributed by atoms with Gasteiger partial charge in [-0.1, -0.05) is 25.9 Å². The van der Waals surface area contributed by atoms with Gasteiger partial charge in [0.15, 0.2) is 12.4 Å². The van der Waals surface area contributed by atoms with Crippen LogP contribution >= 0.6 is 0 Å². The first-order chi connectivity index (χ1) is 10.6. The maximum absolute atomic E-state index is 10.7. The molecule has 2 heterocycles. The third-order valence-electron chi connectivity index (χ3n) is 2.74. The highest BCUT2D eigenvalue weighted by Gasteiger charge is 2.13. The molecule has 0 saturated carbocycles. The predicted molar refractivity (Wildman–Crippen MR) is 80.5 cm³/mol. The van der Waals surface area contributed by atoms with Crippen molar-refractivity contribution in [2.24, 2.45) is 0 Å². The van der Waals surface area contributed by atoms with Gasteiger partial charge < -0.3 is 14.4 Å². The van der Waals surface area contributed by atoms with Gasteiger partial charge in [-0.05, 0) is 18.6 Å². The summed E-state index contributed by atoms with van der Waals surface area (Å²) in [5.74, 6) is 1.74. The maximum atomic E-state index is 10.7. The van der Waals surface area contributed by atoms with Crippen LogP contribution in [0, 0.1) is 0 Å². The lowest BCUT2D eigenvalue weighted by atomic mass is 10.2. The minimum absolute atomic E-state index is 0.178. The largest absolute Gasteiger partial charge is 0.481 e. The minimum Gasteiger partial charge on any atom is -0.481 e. The fourth-order valence-electron chi connectivity index (χ4n) is 1.54. The van der Waals surface area contributed by atoms with Crippen LogP contribution in [0.15, 0.2) is 22.9 Å². The van der Waals surface area contributed by atoms with E-state index in [1.165, 1.54) is 0 Å². The van der Waals surface area contributed by atoms with Crippen molar-refractivity contribution in [3.63, 3.8) is 0 Å². The highest BCUT2D eigenvalue weighted by Crippen LogP contribution is 2.20. The average Bonchev–Trinajstić information content (AvgIpc) is 3.05. The molecule has 0 aliphatic rings. The fraction of sp³-hybridized carbons (Fsp3) is 0.467. The number of aldehydes is 1. The molecule has 7 heteroatoms. The van der Waals surface area contributed by atoms with E-state index in [9.17, 15) is 4.79 Å². The van der Waals surface area contributed by atoms with Gasteiger partial charge in [0.05, 0.1) is 6.20 Å². The molecule has 1 atom stereocenters. The number of carbonyl (C=O) groups is 1. The van der Waals surface area contributed by atoms with Gasteiger partial charge in [0.2, 0.25) is 11.7 Å². The van der Waals surface area contributed by atoms with E-state index in [2.05, 4.69) is 15.1 Å². The van der Waals surface area contributed by atoms with Crippen molar-refractivity contribution in [2.75, 3.05) is 7.11 Å². The van der Waals surface area contributed by atoms with Crippen LogP contribution in [0.3, 0.4) is 0 Å². The van der Waals surface area contributed by atoms with E-state index < -0.39 is 6.10 Å². The summed E-state index contributed by atoms with van der Waals surface area (Å²) in [5, 5.41) is 10.9. The summed E-state index contributed by atoms with van der Waals surface area (Å²) < 4.78 is 10.6. The van der Waals surface area contributed by atoms with Crippen molar-refractivity contribution < 1.29 is 19.2 Å². The molecular formula is C15H21N3O4. The van der Waals surface area contributed by atoms with Gasteiger partial charge in [-0.2, -0.15) is 4.98 Å². The summed E-state index contributed by atoms with van der Waals surface area (Å²) >= 11 is 0. The van der Waals surface area contributed by atoms with Crippen LogP contribution in [0.2, 0.25) is 0 Å². The molecule has 2 aromatic heterocycles. The first-order valence-electron chi connectivity index (χ1n) is 7.00. The molecule has 0 amide bonds. The third-order valence-corrected chi connectivity index (χ3v) is 2.74. The lowest BCUT2D eigenvalue weighted by Gasteiger charge is -2.10. The normalized spacial score (nSPS) is 11.5. The van der Waals surface area contributed by atoms with Crippen LogP contribution in [0.1, 0.15) is 39.0 Å². The molecule has 2 aromatic rings. The van der Waals surface area contributed by atoms with Gasteiger partial charge in [0.1, 0.15) is 11.4 Å². The molecule has 0 bridgehead atoms. The Morgan fingerprint density at radius 2 is 2.09 bits per heavy atom. The zero-order valence-electron chi connectivity index (χ0n) is 13.2. The molecule has 7 nitrogen and oxygen atoms in total. The Labute approximate surface area is 129 Å². The van der Waals surface area contributed by atoms with Crippen molar-refractivity contribution >= 4 is 6.29 Å². The van der Waals surface area contributed by atoms with Gasteiger partial charge in [0.25, 0.3) is 0 Å². The Morgan fingerprint density at radius 3 is 2.55 bits per heavy atom. The number of pyridine rings is 1. The smallest absolute Gasteiger partial charge is 0.229 e. The van der Waals surface area contributed by atoms with Crippen LogP contribution in [0.25, 0.3) is 11.5 Å². The molecule has 22 heavy (non-hydrogen) atoms. The number of rotatable bonds is 6. The van der Waals surface area contributed by atoms with Gasteiger partial charge >= 0.3 is 0 Å². The van der Waals surface area contributed by atoms with Crippen LogP contribution < -0.4 is 4.74 Å². The van der Waals surface area contributed by atoms with Gasteiger partial charge in [-0.25, -0.2) is 4.98 Å². The van der Waals surface area contributed by atoms with Crippen LogP contribution in [-0.2, 0) is 4.79 Å². The van der Waals surface area contributed by atoms with Gasteiger partial charge in [0, 0.05) is 13.0 Å². The highest BCUT2D eigenvalue weighted by atomic mass is 16.5. The maximum Gasteiger partial charge on any atom is 0.229 e. The van der Waals surface area contributed by atoms with E-state index in [0.717, 1.165) is 13.4 Å². The molecule has 0 spiro atoms. The summed E-state index contributed by atoms with van der Waals surface area (Å²) in [7, 11) is 1.00. The van der Waals surface area contributed by atoms with Crippen LogP contribution in [0.4, 0.5) is 0 Å². The quantitative estimate of drug-likeness (QED) is 0.817. The van der Waals surface area contributed by atoms with Crippen molar-refractivity contribution in [1.82, 2.24) is 15.1 Å². The second-order valence-electron chi connectivity index (χ2n) is 4.69. The number of aliphatic hydroxyl groups is 1. The third kappa shape index (κ3) is 4.63. The molecule has 1 unspecified atom stereocenters. The summed E-state index contributed by atoms with van der Waals surface area (Å²) in [5.41, 5.74) is 0.604.